The summed E-state index contributed by atoms with van der Waals surface area (Å²) in [5, 5.41) is 6.77. The highest BCUT2D eigenvalue weighted by atomic mass is 16.7. The van der Waals surface area contributed by atoms with Crippen LogP contribution in [-0.4, -0.2) is 25.0 Å². The molecule has 0 radical (unpaired) electrons. The molecule has 7 heteroatoms. The van der Waals surface area contributed by atoms with Crippen molar-refractivity contribution in [2.75, 3.05) is 18.7 Å². The van der Waals surface area contributed by atoms with Crippen LogP contribution in [-0.2, 0) is 16.2 Å². The zero-order valence-electron chi connectivity index (χ0n) is 17.0. The van der Waals surface area contributed by atoms with Gasteiger partial charge < -0.3 is 24.4 Å². The van der Waals surface area contributed by atoms with E-state index >= 15 is 0 Å². The molecule has 1 aliphatic heterocycles. The van der Waals surface area contributed by atoms with Crippen molar-refractivity contribution >= 4 is 17.3 Å². The zero-order valence-corrected chi connectivity index (χ0v) is 17.0. The van der Waals surface area contributed by atoms with Crippen molar-refractivity contribution in [2.24, 2.45) is 5.16 Å². The van der Waals surface area contributed by atoms with Crippen molar-refractivity contribution in [3.8, 4) is 17.2 Å². The van der Waals surface area contributed by atoms with Crippen LogP contribution >= 0.6 is 0 Å². The van der Waals surface area contributed by atoms with E-state index in [1.165, 1.54) is 0 Å². The van der Waals surface area contributed by atoms with Gasteiger partial charge >= 0.3 is 0 Å². The number of nitrogens with zero attached hydrogens (tertiary/aromatic N) is 1. The molecule has 3 aromatic carbocycles. The van der Waals surface area contributed by atoms with Crippen LogP contribution in [0.5, 0.6) is 17.2 Å². The Kier molecular flexibility index (Phi) is 6.32. The highest BCUT2D eigenvalue weighted by Crippen LogP contribution is 2.32. The van der Waals surface area contributed by atoms with Gasteiger partial charge in [-0.05, 0) is 55.0 Å². The van der Waals surface area contributed by atoms with Crippen LogP contribution in [0.3, 0.4) is 0 Å². The van der Waals surface area contributed by atoms with Crippen molar-refractivity contribution in [3.05, 3.63) is 83.9 Å². The molecule has 0 aromatic heterocycles. The average Bonchev–Trinajstić information content (AvgIpc) is 3.27. The molecule has 0 bridgehead atoms. The first kappa shape index (κ1) is 20.3. The Labute approximate surface area is 180 Å². The highest BCUT2D eigenvalue weighted by Gasteiger charge is 2.14. The van der Waals surface area contributed by atoms with Gasteiger partial charge in [-0.25, -0.2) is 0 Å². The molecule has 0 saturated carbocycles. The number of hydrogen-bond acceptors (Lipinski definition) is 6. The van der Waals surface area contributed by atoms with Crippen LogP contribution < -0.4 is 19.5 Å². The minimum atomic E-state index is -0.305. The summed E-state index contributed by atoms with van der Waals surface area (Å²) < 4.78 is 16.4. The minimum absolute atomic E-state index is 0.200. The molecule has 0 spiro atoms. The smallest absolute Gasteiger partial charge is 0.265 e. The number of hydrogen-bond donors (Lipinski definition) is 1. The molecule has 4 rings (SSSR count). The quantitative estimate of drug-likeness (QED) is 0.434. The molecule has 1 heterocycles. The van der Waals surface area contributed by atoms with Crippen LogP contribution in [0.25, 0.3) is 0 Å². The first-order valence-electron chi connectivity index (χ1n) is 9.80. The number of nitrogens with one attached hydrogen (secondary N) is 1. The van der Waals surface area contributed by atoms with Gasteiger partial charge in [0.05, 0.1) is 5.71 Å². The molecule has 1 N–H and O–H groups in total. The molecular weight excluding hydrogens is 396 g/mol. The lowest BCUT2D eigenvalue weighted by atomic mass is 10.1. The monoisotopic (exact) mass is 418 g/mol. The van der Waals surface area contributed by atoms with E-state index in [0.29, 0.717) is 29.5 Å². The fraction of sp³-hybridized carbons (Fsp3) is 0.167. The van der Waals surface area contributed by atoms with Crippen LogP contribution in [0.1, 0.15) is 18.1 Å². The predicted molar refractivity (Wildman–Crippen MR) is 117 cm³/mol. The molecule has 0 aliphatic carbocycles. The molecule has 158 valence electrons. The maximum Gasteiger partial charge on any atom is 0.265 e. The van der Waals surface area contributed by atoms with E-state index in [1.807, 2.05) is 48.5 Å². The molecule has 0 unspecified atom stereocenters. The molecule has 7 nitrogen and oxygen atoms in total. The van der Waals surface area contributed by atoms with E-state index in [0.717, 1.165) is 16.9 Å². The van der Waals surface area contributed by atoms with Crippen LogP contribution in [0, 0.1) is 0 Å². The molecule has 0 fully saturated rings. The largest absolute Gasteiger partial charge is 0.489 e. The second-order valence-electron chi connectivity index (χ2n) is 6.87. The average molecular weight is 418 g/mol. The first-order valence-corrected chi connectivity index (χ1v) is 9.80. The fourth-order valence-corrected chi connectivity index (χ4v) is 2.93. The molecule has 0 atom stereocenters. The molecule has 31 heavy (non-hydrogen) atoms. The SMILES string of the molecule is C/C(=N/OCC(=O)Nc1ccc(OCc2ccccc2)cc1)c1ccc2c(c1)OCO2. The van der Waals surface area contributed by atoms with Gasteiger partial charge in [0.25, 0.3) is 5.91 Å². The normalized spacial score (nSPS) is 12.4. The van der Waals surface area contributed by atoms with E-state index in [9.17, 15) is 4.79 Å². The Morgan fingerprint density at radius 1 is 1.00 bits per heavy atom. The third kappa shape index (κ3) is 5.54. The maximum atomic E-state index is 12.1. The van der Waals surface area contributed by atoms with E-state index in [2.05, 4.69) is 10.5 Å². The van der Waals surface area contributed by atoms with Gasteiger partial charge in [-0.3, -0.25) is 4.79 Å². The maximum absolute atomic E-state index is 12.1. The van der Waals surface area contributed by atoms with Gasteiger partial charge in [0.1, 0.15) is 12.4 Å². The molecule has 3 aromatic rings. The number of carbonyl (C=O) groups excluding carboxylic acids is 1. The number of rotatable bonds is 8. The van der Waals surface area contributed by atoms with E-state index < -0.39 is 0 Å². The number of anilines is 1. The Balaban J connectivity index is 1.23. The summed E-state index contributed by atoms with van der Waals surface area (Å²) >= 11 is 0. The molecule has 1 amide bonds. The summed E-state index contributed by atoms with van der Waals surface area (Å²) in [4.78, 5) is 17.3. The Morgan fingerprint density at radius 3 is 2.58 bits per heavy atom. The summed E-state index contributed by atoms with van der Waals surface area (Å²) in [6.07, 6.45) is 0. The standard InChI is InChI=1S/C24H22N2O5/c1-17(19-7-12-22-23(13-19)30-16-29-22)26-31-15-24(27)25-20-8-10-21(11-9-20)28-14-18-5-3-2-4-6-18/h2-13H,14-16H2,1H3,(H,25,27)/b26-17-. The third-order valence-electron chi connectivity index (χ3n) is 4.57. The number of fused-ring (bicyclic) bond motifs is 1. The van der Waals surface area contributed by atoms with E-state index in [1.54, 1.807) is 31.2 Å². The van der Waals surface area contributed by atoms with Gasteiger partial charge in [0.15, 0.2) is 18.1 Å². The van der Waals surface area contributed by atoms with Crippen molar-refractivity contribution in [3.63, 3.8) is 0 Å². The summed E-state index contributed by atoms with van der Waals surface area (Å²) in [6, 6.07) is 22.6. The van der Waals surface area contributed by atoms with Crippen LogP contribution in [0.2, 0.25) is 0 Å². The molecule has 0 saturated heterocycles. The Hall–Kier alpha value is -4.00. The van der Waals surface area contributed by atoms with Gasteiger partial charge in [-0.2, -0.15) is 0 Å². The van der Waals surface area contributed by atoms with Crippen molar-refractivity contribution < 1.29 is 23.8 Å². The summed E-state index contributed by atoms with van der Waals surface area (Å²) in [5.74, 6) is 1.79. The number of ether oxygens (including phenoxy) is 3. The lowest BCUT2D eigenvalue weighted by Gasteiger charge is -2.08. The lowest BCUT2D eigenvalue weighted by Crippen LogP contribution is -2.17. The summed E-state index contributed by atoms with van der Waals surface area (Å²) in [5.41, 5.74) is 3.20. The number of oxime groups is 1. The summed E-state index contributed by atoms with van der Waals surface area (Å²) in [7, 11) is 0. The Morgan fingerprint density at radius 2 is 1.77 bits per heavy atom. The van der Waals surface area contributed by atoms with Crippen molar-refractivity contribution in [1.29, 1.82) is 0 Å². The van der Waals surface area contributed by atoms with Crippen LogP contribution in [0.15, 0.2) is 78.0 Å². The Bertz CT molecular complexity index is 1070. The third-order valence-corrected chi connectivity index (χ3v) is 4.57. The minimum Gasteiger partial charge on any atom is -0.489 e. The van der Waals surface area contributed by atoms with Crippen molar-refractivity contribution in [1.82, 2.24) is 0 Å². The van der Waals surface area contributed by atoms with Gasteiger partial charge in [0, 0.05) is 11.3 Å². The summed E-state index contributed by atoms with van der Waals surface area (Å²) in [6.45, 7) is 2.30. The highest BCUT2D eigenvalue weighted by molar-refractivity contribution is 5.99. The number of carbonyl (C=O) groups is 1. The predicted octanol–water partition coefficient (Wildman–Crippen LogP) is 4.37. The molecular formula is C24H22N2O5. The molecule has 1 aliphatic rings. The fourth-order valence-electron chi connectivity index (χ4n) is 2.93. The zero-order chi connectivity index (χ0) is 21.5. The second kappa shape index (κ2) is 9.67. The topological polar surface area (TPSA) is 78.4 Å². The van der Waals surface area contributed by atoms with E-state index in [-0.39, 0.29) is 19.3 Å². The number of benzene rings is 3. The van der Waals surface area contributed by atoms with Gasteiger partial charge in [0.2, 0.25) is 6.79 Å². The first-order chi connectivity index (χ1) is 15.2. The second-order valence-corrected chi connectivity index (χ2v) is 6.87. The van der Waals surface area contributed by atoms with Gasteiger partial charge in [-0.15, -0.1) is 0 Å². The number of amides is 1. The van der Waals surface area contributed by atoms with E-state index in [4.69, 9.17) is 19.0 Å². The van der Waals surface area contributed by atoms with Crippen molar-refractivity contribution in [2.45, 2.75) is 13.5 Å². The van der Waals surface area contributed by atoms with Gasteiger partial charge in [-0.1, -0.05) is 35.5 Å². The lowest BCUT2D eigenvalue weighted by molar-refractivity contribution is -0.120. The van der Waals surface area contributed by atoms with Crippen LogP contribution in [0.4, 0.5) is 5.69 Å².